The fraction of sp³-hybridized carbons (Fsp3) is 0.211. The van der Waals surface area contributed by atoms with Crippen LogP contribution in [-0.2, 0) is 6.42 Å². The number of benzene rings is 2. The number of fused-ring (bicyclic) bond motifs is 2. The van der Waals surface area contributed by atoms with Gasteiger partial charge in [-0.2, -0.15) is 15.0 Å². The maximum absolute atomic E-state index is 14.1. The van der Waals surface area contributed by atoms with Crippen molar-refractivity contribution in [2.75, 3.05) is 0 Å². The second-order valence-corrected chi connectivity index (χ2v) is 7.33. The van der Waals surface area contributed by atoms with E-state index >= 15 is 0 Å². The van der Waals surface area contributed by atoms with E-state index in [0.717, 1.165) is 35.1 Å². The van der Waals surface area contributed by atoms with E-state index < -0.39 is 11.9 Å². The zero-order valence-electron chi connectivity index (χ0n) is 13.9. The summed E-state index contributed by atoms with van der Waals surface area (Å²) in [6, 6.07) is 9.95. The highest BCUT2D eigenvalue weighted by molar-refractivity contribution is 14.1. The summed E-state index contributed by atoms with van der Waals surface area (Å²) in [5.74, 6) is 0.0208. The Balaban J connectivity index is 1.70. The number of carboxylic acid groups (broad SMARTS) is 1. The van der Waals surface area contributed by atoms with Gasteiger partial charge in [-0.1, -0.05) is 0 Å². The van der Waals surface area contributed by atoms with Crippen LogP contribution in [0.4, 0.5) is 9.18 Å². The van der Waals surface area contributed by atoms with Crippen LogP contribution in [0.25, 0.3) is 10.9 Å². The molecule has 0 bridgehead atoms. The molecule has 8 heteroatoms. The molecule has 4 rings (SSSR count). The van der Waals surface area contributed by atoms with Gasteiger partial charge in [0.15, 0.2) is 0 Å². The molecule has 0 aliphatic heterocycles. The van der Waals surface area contributed by atoms with Gasteiger partial charge in [0, 0.05) is 5.39 Å². The summed E-state index contributed by atoms with van der Waals surface area (Å²) in [5.41, 5.74) is 2.21. The maximum atomic E-state index is 14.1. The van der Waals surface area contributed by atoms with E-state index in [-0.39, 0.29) is 11.7 Å². The first-order valence-electron chi connectivity index (χ1n) is 8.28. The Bertz CT molecular complexity index is 1120. The lowest BCUT2D eigenvalue weighted by molar-refractivity contribution is 0.183. The van der Waals surface area contributed by atoms with Crippen molar-refractivity contribution in [3.8, 4) is 11.8 Å². The number of nitrogens with zero attached hydrogens (tertiary/aromatic N) is 3. The molecule has 0 saturated carbocycles. The Morgan fingerprint density at radius 1 is 1.41 bits per heavy atom. The third-order valence-corrected chi connectivity index (χ3v) is 5.47. The van der Waals surface area contributed by atoms with E-state index in [1.54, 1.807) is 24.3 Å². The molecule has 6 nitrogen and oxygen atoms in total. The number of hydrogen-bond acceptors (Lipinski definition) is 4. The molecular formula is C19H13FIN3O3. The monoisotopic (exact) mass is 477 g/mol. The van der Waals surface area contributed by atoms with Crippen LogP contribution in [0.3, 0.4) is 0 Å². The number of hydrogen-bond donors (Lipinski definition) is 1. The Morgan fingerprint density at radius 3 is 2.96 bits per heavy atom. The van der Waals surface area contributed by atoms with Crippen molar-refractivity contribution >= 4 is 39.6 Å². The summed E-state index contributed by atoms with van der Waals surface area (Å²) in [6.07, 6.45) is 0.932. The minimum Gasteiger partial charge on any atom is -0.486 e. The molecule has 3 aromatic rings. The van der Waals surface area contributed by atoms with Gasteiger partial charge in [-0.15, -0.1) is 0 Å². The van der Waals surface area contributed by atoms with Gasteiger partial charge in [0.1, 0.15) is 27.4 Å². The fourth-order valence-electron chi connectivity index (χ4n) is 3.44. The topological polar surface area (TPSA) is 88.1 Å². The number of carbonyl (C=O) groups is 1. The molecule has 1 aliphatic carbocycles. The van der Waals surface area contributed by atoms with Crippen molar-refractivity contribution in [3.63, 3.8) is 0 Å². The minimum absolute atomic E-state index is 0.0476. The molecule has 1 aliphatic rings. The highest BCUT2D eigenvalue weighted by atomic mass is 127. The van der Waals surface area contributed by atoms with Crippen LogP contribution in [-0.4, -0.2) is 21.0 Å². The quantitative estimate of drug-likeness (QED) is 0.544. The number of aryl methyl sites for hydroxylation is 1. The van der Waals surface area contributed by atoms with E-state index in [4.69, 9.17) is 10.00 Å². The third kappa shape index (κ3) is 3.12. The SMILES string of the molecule is N#Cc1cc2c(cc1F)C(Oc1ccc3c(c1)c(I)nn3C(=O)O)CCC2. The highest BCUT2D eigenvalue weighted by Gasteiger charge is 2.24. The number of aromatic nitrogens is 2. The summed E-state index contributed by atoms with van der Waals surface area (Å²) in [6.45, 7) is 0. The van der Waals surface area contributed by atoms with Gasteiger partial charge >= 0.3 is 6.09 Å². The highest BCUT2D eigenvalue weighted by Crippen LogP contribution is 2.36. The molecule has 1 N–H and O–H groups in total. The van der Waals surface area contributed by atoms with Crippen molar-refractivity contribution in [3.05, 3.63) is 56.5 Å². The second-order valence-electron chi connectivity index (χ2n) is 6.31. The van der Waals surface area contributed by atoms with Gasteiger partial charge in [-0.25, -0.2) is 9.18 Å². The first-order valence-corrected chi connectivity index (χ1v) is 9.36. The Kier molecular flexibility index (Phi) is 4.47. The van der Waals surface area contributed by atoms with Crippen LogP contribution >= 0.6 is 22.6 Å². The smallest absolute Gasteiger partial charge is 0.432 e. The molecule has 0 spiro atoms. The molecular weight excluding hydrogens is 464 g/mol. The normalized spacial score (nSPS) is 16.0. The second kappa shape index (κ2) is 6.81. The molecule has 1 heterocycles. The van der Waals surface area contributed by atoms with Crippen LogP contribution in [0.2, 0.25) is 0 Å². The molecule has 1 atom stereocenters. The van der Waals surface area contributed by atoms with Gasteiger partial charge in [-0.3, -0.25) is 0 Å². The molecule has 2 aromatic carbocycles. The summed E-state index contributed by atoms with van der Waals surface area (Å²) >= 11 is 1.98. The summed E-state index contributed by atoms with van der Waals surface area (Å²) in [4.78, 5) is 11.3. The van der Waals surface area contributed by atoms with Crippen molar-refractivity contribution in [2.24, 2.45) is 0 Å². The molecule has 0 saturated heterocycles. The summed E-state index contributed by atoms with van der Waals surface area (Å²) in [5, 5.41) is 22.9. The average Bonchev–Trinajstić information content (AvgIpc) is 2.98. The number of rotatable bonds is 2. The van der Waals surface area contributed by atoms with Crippen LogP contribution in [0.1, 0.15) is 35.6 Å². The van der Waals surface area contributed by atoms with Gasteiger partial charge in [0.05, 0.1) is 11.1 Å². The Hall–Kier alpha value is -2.67. The number of halogens is 2. The molecule has 0 amide bonds. The van der Waals surface area contributed by atoms with Crippen LogP contribution in [0.5, 0.6) is 5.75 Å². The first kappa shape index (κ1) is 17.7. The predicted molar refractivity (Wildman–Crippen MR) is 103 cm³/mol. The van der Waals surface area contributed by atoms with E-state index in [2.05, 4.69) is 5.10 Å². The predicted octanol–water partition coefficient (Wildman–Crippen LogP) is 4.63. The lowest BCUT2D eigenvalue weighted by Gasteiger charge is -2.26. The zero-order valence-corrected chi connectivity index (χ0v) is 16.1. The summed E-state index contributed by atoms with van der Waals surface area (Å²) < 4.78 is 21.7. The third-order valence-electron chi connectivity index (χ3n) is 4.67. The Morgan fingerprint density at radius 2 is 2.22 bits per heavy atom. The largest absolute Gasteiger partial charge is 0.486 e. The van der Waals surface area contributed by atoms with Crippen molar-refractivity contribution < 1.29 is 19.0 Å². The van der Waals surface area contributed by atoms with Gasteiger partial charge in [-0.05, 0) is 83.3 Å². The van der Waals surface area contributed by atoms with Crippen LogP contribution in [0, 0.1) is 20.8 Å². The van der Waals surface area contributed by atoms with Gasteiger partial charge < -0.3 is 9.84 Å². The molecule has 136 valence electrons. The molecule has 1 unspecified atom stereocenters. The van der Waals surface area contributed by atoms with E-state index in [9.17, 15) is 14.3 Å². The van der Waals surface area contributed by atoms with Crippen LogP contribution < -0.4 is 4.74 Å². The maximum Gasteiger partial charge on any atom is 0.432 e. The molecule has 0 radical (unpaired) electrons. The lowest BCUT2D eigenvalue weighted by atomic mass is 9.88. The van der Waals surface area contributed by atoms with Crippen molar-refractivity contribution in [1.29, 1.82) is 5.26 Å². The van der Waals surface area contributed by atoms with Gasteiger partial charge in [0.2, 0.25) is 0 Å². The lowest BCUT2D eigenvalue weighted by Crippen LogP contribution is -2.16. The van der Waals surface area contributed by atoms with E-state index in [1.165, 1.54) is 6.07 Å². The summed E-state index contributed by atoms with van der Waals surface area (Å²) in [7, 11) is 0. The molecule has 1 aromatic heterocycles. The minimum atomic E-state index is -1.15. The van der Waals surface area contributed by atoms with Crippen LogP contribution in [0.15, 0.2) is 30.3 Å². The Labute approximate surface area is 167 Å². The average molecular weight is 477 g/mol. The number of ether oxygens (including phenoxy) is 1. The van der Waals surface area contributed by atoms with E-state index in [1.807, 2.05) is 28.7 Å². The first-order chi connectivity index (χ1) is 13.0. The van der Waals surface area contributed by atoms with Crippen molar-refractivity contribution in [2.45, 2.75) is 25.4 Å². The molecule has 27 heavy (non-hydrogen) atoms. The van der Waals surface area contributed by atoms with Crippen molar-refractivity contribution in [1.82, 2.24) is 9.78 Å². The fourth-order valence-corrected chi connectivity index (χ4v) is 4.08. The van der Waals surface area contributed by atoms with Gasteiger partial charge in [0.25, 0.3) is 0 Å². The zero-order chi connectivity index (χ0) is 19.1. The standard InChI is InChI=1S/C19H13FIN3O3/c20-15-8-13-10(6-11(15)9-22)2-1-3-17(13)27-12-4-5-16-14(7-12)18(21)23-24(16)19(25)26/h4-8,17H,1-3H2,(H,25,26). The van der Waals surface area contributed by atoms with E-state index in [0.29, 0.717) is 20.4 Å². The number of nitriles is 1. The molecule has 0 fully saturated rings.